The molecule has 1 fully saturated rings. The van der Waals surface area contributed by atoms with Crippen molar-refractivity contribution in [3.8, 4) is 0 Å². The number of rotatable bonds is 7. The van der Waals surface area contributed by atoms with Gasteiger partial charge in [0.1, 0.15) is 16.2 Å². The van der Waals surface area contributed by atoms with Crippen molar-refractivity contribution >= 4 is 28.7 Å². The molecule has 3 heterocycles. The predicted molar refractivity (Wildman–Crippen MR) is 121 cm³/mol. The summed E-state index contributed by atoms with van der Waals surface area (Å²) in [5, 5.41) is 3.59. The Bertz CT molecular complexity index is 1080. The summed E-state index contributed by atoms with van der Waals surface area (Å²) >= 11 is 1.19. The highest BCUT2D eigenvalue weighted by Crippen LogP contribution is 2.27. The fraction of sp³-hybridized carbons (Fsp3) is 0.667. The number of carbonyl (C=O) groups excluding carboxylic acids is 1. The minimum absolute atomic E-state index is 0.0668. The molecule has 1 aliphatic heterocycles. The van der Waals surface area contributed by atoms with E-state index < -0.39 is 11.2 Å². The lowest BCUT2D eigenvalue weighted by atomic mass is 9.96. The number of aryl methyl sites for hydroxylation is 1. The van der Waals surface area contributed by atoms with Crippen molar-refractivity contribution in [2.45, 2.75) is 70.0 Å². The Morgan fingerprint density at radius 1 is 1.29 bits per heavy atom. The summed E-state index contributed by atoms with van der Waals surface area (Å²) in [5.74, 6) is 0.487. The van der Waals surface area contributed by atoms with E-state index in [0.717, 1.165) is 30.4 Å². The molecular weight excluding hydrogens is 418 g/mol. The van der Waals surface area contributed by atoms with E-state index in [9.17, 15) is 14.4 Å². The summed E-state index contributed by atoms with van der Waals surface area (Å²) in [4.78, 5) is 47.3. The van der Waals surface area contributed by atoms with Crippen molar-refractivity contribution in [3.05, 3.63) is 26.7 Å². The van der Waals surface area contributed by atoms with E-state index in [4.69, 9.17) is 4.74 Å². The number of aromatic nitrogens is 4. The first-order valence-electron chi connectivity index (χ1n) is 10.7. The molecule has 0 aliphatic carbocycles. The molecule has 170 valence electrons. The van der Waals surface area contributed by atoms with Crippen molar-refractivity contribution in [2.24, 2.45) is 7.05 Å². The zero-order chi connectivity index (χ0) is 22.8. The molecule has 0 spiro atoms. The SMILES string of the molecule is CCCn1c(=O)n(C)c(=O)c2c(SCC(=O)NC[C@@H]3CCCO3)nc(C(C)(C)C)nc21. The average Bonchev–Trinajstić information content (AvgIpc) is 3.24. The minimum Gasteiger partial charge on any atom is -0.376 e. The number of hydrogen-bond donors (Lipinski definition) is 1. The Labute approximate surface area is 185 Å². The van der Waals surface area contributed by atoms with Crippen LogP contribution in [0.2, 0.25) is 0 Å². The van der Waals surface area contributed by atoms with Crippen molar-refractivity contribution in [1.29, 1.82) is 0 Å². The van der Waals surface area contributed by atoms with Crippen molar-refractivity contribution < 1.29 is 9.53 Å². The maximum Gasteiger partial charge on any atom is 0.332 e. The van der Waals surface area contributed by atoms with Crippen LogP contribution in [0.3, 0.4) is 0 Å². The van der Waals surface area contributed by atoms with Crippen molar-refractivity contribution in [2.75, 3.05) is 18.9 Å². The van der Waals surface area contributed by atoms with Gasteiger partial charge in [-0.3, -0.25) is 18.7 Å². The molecule has 10 heteroatoms. The van der Waals surface area contributed by atoms with Gasteiger partial charge < -0.3 is 10.1 Å². The van der Waals surface area contributed by atoms with Gasteiger partial charge in [-0.2, -0.15) is 0 Å². The summed E-state index contributed by atoms with van der Waals surface area (Å²) < 4.78 is 8.14. The Morgan fingerprint density at radius 2 is 2.03 bits per heavy atom. The largest absolute Gasteiger partial charge is 0.376 e. The summed E-state index contributed by atoms with van der Waals surface area (Å²) in [5.41, 5.74) is -0.907. The summed E-state index contributed by atoms with van der Waals surface area (Å²) in [6.45, 7) is 9.54. The minimum atomic E-state index is -0.449. The number of nitrogens with one attached hydrogen (secondary N) is 1. The van der Waals surface area contributed by atoms with Crippen molar-refractivity contribution in [1.82, 2.24) is 24.4 Å². The van der Waals surface area contributed by atoms with Crippen LogP contribution in [0.5, 0.6) is 0 Å². The number of hydrogen-bond acceptors (Lipinski definition) is 7. The number of amides is 1. The monoisotopic (exact) mass is 449 g/mol. The summed E-state index contributed by atoms with van der Waals surface area (Å²) in [7, 11) is 1.46. The molecule has 9 nitrogen and oxygen atoms in total. The van der Waals surface area contributed by atoms with Crippen LogP contribution in [-0.4, -0.2) is 50.0 Å². The normalized spacial score (nSPS) is 16.7. The van der Waals surface area contributed by atoms with E-state index in [1.165, 1.54) is 23.4 Å². The van der Waals surface area contributed by atoms with Gasteiger partial charge in [0.15, 0.2) is 5.65 Å². The molecule has 1 saturated heterocycles. The number of carbonyl (C=O) groups is 1. The first-order valence-corrected chi connectivity index (χ1v) is 11.6. The van der Waals surface area contributed by atoms with Crippen molar-refractivity contribution in [3.63, 3.8) is 0 Å². The maximum absolute atomic E-state index is 13.0. The van der Waals surface area contributed by atoms with E-state index in [1.807, 2.05) is 27.7 Å². The molecule has 2 aromatic rings. The fourth-order valence-electron chi connectivity index (χ4n) is 3.42. The second kappa shape index (κ2) is 9.52. The molecule has 2 aromatic heterocycles. The van der Waals surface area contributed by atoms with Gasteiger partial charge in [0.2, 0.25) is 5.91 Å². The van der Waals surface area contributed by atoms with Gasteiger partial charge in [-0.05, 0) is 19.3 Å². The summed E-state index contributed by atoms with van der Waals surface area (Å²) in [6.07, 6.45) is 2.75. The van der Waals surface area contributed by atoms with Gasteiger partial charge in [0.05, 0.1) is 11.9 Å². The van der Waals surface area contributed by atoms with Crippen LogP contribution in [0.15, 0.2) is 14.6 Å². The third kappa shape index (κ3) is 5.17. The number of fused-ring (bicyclic) bond motifs is 1. The molecule has 0 aromatic carbocycles. The highest BCUT2D eigenvalue weighted by atomic mass is 32.2. The zero-order valence-electron chi connectivity index (χ0n) is 18.9. The van der Waals surface area contributed by atoms with Gasteiger partial charge in [0.25, 0.3) is 5.56 Å². The summed E-state index contributed by atoms with van der Waals surface area (Å²) in [6, 6.07) is 0. The topological polar surface area (TPSA) is 108 Å². The quantitative estimate of drug-likeness (QED) is 0.505. The Balaban J connectivity index is 1.99. The molecule has 0 unspecified atom stereocenters. The van der Waals surface area contributed by atoms with Crippen LogP contribution in [0.1, 0.15) is 52.8 Å². The van der Waals surface area contributed by atoms with Crippen LogP contribution < -0.4 is 16.6 Å². The van der Waals surface area contributed by atoms with E-state index in [1.54, 1.807) is 0 Å². The maximum atomic E-state index is 13.0. The van der Waals surface area contributed by atoms with Crippen LogP contribution in [-0.2, 0) is 28.5 Å². The van der Waals surface area contributed by atoms with Gasteiger partial charge in [-0.25, -0.2) is 14.8 Å². The Kier molecular flexibility index (Phi) is 7.20. The first-order chi connectivity index (χ1) is 14.6. The molecule has 1 N–H and O–H groups in total. The Hall–Kier alpha value is -2.20. The lowest BCUT2D eigenvalue weighted by Gasteiger charge is -2.20. The third-order valence-electron chi connectivity index (χ3n) is 5.16. The van der Waals surface area contributed by atoms with E-state index in [0.29, 0.717) is 29.6 Å². The highest BCUT2D eigenvalue weighted by molar-refractivity contribution is 8.00. The van der Waals surface area contributed by atoms with Crippen LogP contribution >= 0.6 is 11.8 Å². The van der Waals surface area contributed by atoms with E-state index in [-0.39, 0.29) is 28.6 Å². The van der Waals surface area contributed by atoms with E-state index in [2.05, 4.69) is 15.3 Å². The van der Waals surface area contributed by atoms with Gasteiger partial charge >= 0.3 is 5.69 Å². The van der Waals surface area contributed by atoms with Gasteiger partial charge in [0, 0.05) is 32.2 Å². The first kappa shape index (κ1) is 23.5. The van der Waals surface area contributed by atoms with Crippen LogP contribution in [0, 0.1) is 0 Å². The standard InChI is InChI=1S/C21H31N5O4S/c1-6-9-26-16-15(18(28)25(5)20(26)29)17(24-19(23-16)21(2,3)4)31-12-14(27)22-11-13-8-7-10-30-13/h13H,6-12H2,1-5H3,(H,22,27)/t13-/m0/s1. The number of thioether (sulfide) groups is 1. The fourth-order valence-corrected chi connectivity index (χ4v) is 4.26. The molecular formula is C21H31N5O4S. The molecule has 31 heavy (non-hydrogen) atoms. The molecule has 1 amide bonds. The zero-order valence-corrected chi connectivity index (χ0v) is 19.7. The molecule has 1 aliphatic rings. The van der Waals surface area contributed by atoms with Crippen LogP contribution in [0.4, 0.5) is 0 Å². The molecule has 0 bridgehead atoms. The smallest absolute Gasteiger partial charge is 0.332 e. The van der Waals surface area contributed by atoms with Gasteiger partial charge in [-0.1, -0.05) is 39.5 Å². The Morgan fingerprint density at radius 3 is 2.65 bits per heavy atom. The van der Waals surface area contributed by atoms with Crippen LogP contribution in [0.25, 0.3) is 11.0 Å². The lowest BCUT2D eigenvalue weighted by molar-refractivity contribution is -0.119. The van der Waals surface area contributed by atoms with E-state index >= 15 is 0 Å². The molecule has 1 atom stereocenters. The predicted octanol–water partition coefficient (Wildman–Crippen LogP) is 1.58. The second-order valence-electron chi connectivity index (χ2n) is 8.83. The molecule has 0 radical (unpaired) electrons. The molecule has 3 rings (SSSR count). The lowest BCUT2D eigenvalue weighted by Crippen LogP contribution is -2.39. The highest BCUT2D eigenvalue weighted by Gasteiger charge is 2.25. The third-order valence-corrected chi connectivity index (χ3v) is 6.13. The van der Waals surface area contributed by atoms with Gasteiger partial charge in [-0.15, -0.1) is 0 Å². The second-order valence-corrected chi connectivity index (χ2v) is 9.79. The average molecular weight is 450 g/mol. The molecule has 0 saturated carbocycles. The number of ether oxygens (including phenoxy) is 1. The number of nitrogens with zero attached hydrogens (tertiary/aromatic N) is 4.